The zero-order chi connectivity index (χ0) is 34.1. The van der Waals surface area contributed by atoms with Crippen LogP contribution in [0.15, 0.2) is 29.8 Å². The number of hydrogen-bond donors (Lipinski definition) is 3. The molecule has 4 aliphatic heterocycles. The molecule has 12 nitrogen and oxygen atoms in total. The van der Waals surface area contributed by atoms with Crippen LogP contribution in [0.1, 0.15) is 60.0 Å². The summed E-state index contributed by atoms with van der Waals surface area (Å²) in [5, 5.41) is 22.1. The van der Waals surface area contributed by atoms with Gasteiger partial charge in [0, 0.05) is 75.5 Å². The summed E-state index contributed by atoms with van der Waals surface area (Å²) in [5.41, 5.74) is 2.41. The van der Waals surface area contributed by atoms with Crippen molar-refractivity contribution in [1.29, 1.82) is 5.26 Å². The molecule has 0 bridgehead atoms. The lowest BCUT2D eigenvalue weighted by molar-refractivity contribution is -0.136. The number of benzene rings is 1. The van der Waals surface area contributed by atoms with Crippen LogP contribution in [0.2, 0.25) is 5.02 Å². The number of carbonyl (C=O) groups excluding carboxylic acids is 3. The van der Waals surface area contributed by atoms with Crippen molar-refractivity contribution in [1.82, 2.24) is 25.1 Å². The molecular weight excluding hydrogens is 671 g/mol. The number of thiazole rings is 1. The number of fused-ring (bicyclic) bond motifs is 1. The molecule has 1 aromatic carbocycles. The second-order valence-corrected chi connectivity index (χ2v) is 14.4. The number of imide groups is 1. The van der Waals surface area contributed by atoms with Gasteiger partial charge in [-0.3, -0.25) is 24.6 Å². The van der Waals surface area contributed by atoms with Gasteiger partial charge in [-0.15, -0.1) is 11.3 Å². The Bertz CT molecular complexity index is 1820. The standard InChI is InChI=1S/C34H36ClFN8O4S/c35-24-14-38-28(13-23(24)26-17-49-33(41-26)39-19-34(18-37)5-9-48-10-6-34)40-22-3-7-43(8-4-22)15-20-11-21-16-44(32(47)30(21)25(36)12-20)27-1-2-29(45)42-31(27)46/h11-14,17,22,27H,1-10,15-16,19H2,(H,38,40)(H,39,41)(H,42,45,46). The molecule has 0 radical (unpaired) electrons. The first-order valence-electron chi connectivity index (χ1n) is 16.5. The predicted molar refractivity (Wildman–Crippen MR) is 181 cm³/mol. The van der Waals surface area contributed by atoms with Crippen molar-refractivity contribution in [2.45, 2.75) is 63.7 Å². The van der Waals surface area contributed by atoms with Crippen molar-refractivity contribution in [2.75, 3.05) is 43.5 Å². The van der Waals surface area contributed by atoms with Gasteiger partial charge in [-0.2, -0.15) is 5.26 Å². The number of likely N-dealkylation sites (tertiary alicyclic amines) is 1. The van der Waals surface area contributed by atoms with E-state index in [0.717, 1.165) is 47.9 Å². The highest BCUT2D eigenvalue weighted by Crippen LogP contribution is 2.35. The number of pyridine rings is 1. The van der Waals surface area contributed by atoms with E-state index in [4.69, 9.17) is 21.3 Å². The first-order valence-corrected chi connectivity index (χ1v) is 17.8. The molecule has 1 atom stereocenters. The molecule has 256 valence electrons. The molecule has 15 heteroatoms. The van der Waals surface area contributed by atoms with Crippen molar-refractivity contribution in [2.24, 2.45) is 5.41 Å². The van der Waals surface area contributed by atoms with E-state index in [0.29, 0.717) is 55.5 Å². The predicted octanol–water partition coefficient (Wildman–Crippen LogP) is 4.57. The van der Waals surface area contributed by atoms with Crippen LogP contribution >= 0.6 is 22.9 Å². The van der Waals surface area contributed by atoms with Crippen LogP contribution in [0.5, 0.6) is 0 Å². The smallest absolute Gasteiger partial charge is 0.258 e. The second-order valence-electron chi connectivity index (χ2n) is 13.2. The number of nitrogens with one attached hydrogen (secondary N) is 3. The highest BCUT2D eigenvalue weighted by molar-refractivity contribution is 7.14. The second kappa shape index (κ2) is 14.0. The van der Waals surface area contributed by atoms with E-state index in [9.17, 15) is 19.6 Å². The summed E-state index contributed by atoms with van der Waals surface area (Å²) in [6, 6.07) is 7.06. The summed E-state index contributed by atoms with van der Waals surface area (Å²) in [6.07, 6.45) is 5.11. The third kappa shape index (κ3) is 7.12. The number of amides is 3. The number of carbonyl (C=O) groups is 3. The number of halogens is 2. The Labute approximate surface area is 292 Å². The molecule has 1 unspecified atom stereocenters. The lowest BCUT2D eigenvalue weighted by atomic mass is 9.82. The van der Waals surface area contributed by atoms with Crippen LogP contribution in [-0.2, 0) is 27.4 Å². The maximum atomic E-state index is 15.2. The SMILES string of the molecule is N#CC1(CNc2nc(-c3cc(NC4CCN(Cc5cc(F)c6c(c5)CN(C5CCC(=O)NC5=O)C6=O)CC4)ncc3Cl)cs2)CCOCC1. The highest BCUT2D eigenvalue weighted by atomic mass is 35.5. The summed E-state index contributed by atoms with van der Waals surface area (Å²) in [7, 11) is 0. The van der Waals surface area contributed by atoms with Crippen molar-refractivity contribution >= 4 is 51.6 Å². The highest BCUT2D eigenvalue weighted by Gasteiger charge is 2.41. The number of nitriles is 1. The number of anilines is 2. The summed E-state index contributed by atoms with van der Waals surface area (Å²) in [4.78, 5) is 49.8. The molecule has 0 saturated carbocycles. The van der Waals surface area contributed by atoms with Gasteiger partial charge < -0.3 is 20.3 Å². The minimum atomic E-state index is -0.778. The molecule has 49 heavy (non-hydrogen) atoms. The van der Waals surface area contributed by atoms with Gasteiger partial charge in [0.05, 0.1) is 27.8 Å². The summed E-state index contributed by atoms with van der Waals surface area (Å²) in [5.74, 6) is -1.26. The van der Waals surface area contributed by atoms with Gasteiger partial charge in [-0.1, -0.05) is 17.7 Å². The van der Waals surface area contributed by atoms with E-state index in [1.54, 1.807) is 6.20 Å². The van der Waals surface area contributed by atoms with E-state index in [1.165, 1.54) is 22.3 Å². The average Bonchev–Trinajstić information content (AvgIpc) is 3.70. The van der Waals surface area contributed by atoms with Crippen LogP contribution < -0.4 is 16.0 Å². The Morgan fingerprint density at radius 2 is 1.96 bits per heavy atom. The fourth-order valence-electron chi connectivity index (χ4n) is 7.04. The van der Waals surface area contributed by atoms with E-state index >= 15 is 4.39 Å². The lowest BCUT2D eigenvalue weighted by Gasteiger charge is -2.32. The quantitative estimate of drug-likeness (QED) is 0.270. The zero-order valence-corrected chi connectivity index (χ0v) is 28.3. The van der Waals surface area contributed by atoms with Gasteiger partial charge in [-0.05, 0) is 55.4 Å². The van der Waals surface area contributed by atoms with Gasteiger partial charge in [0.25, 0.3) is 5.91 Å². The minimum Gasteiger partial charge on any atom is -0.381 e. The molecule has 0 aliphatic carbocycles. The molecule has 3 fully saturated rings. The van der Waals surface area contributed by atoms with E-state index in [-0.39, 0.29) is 36.9 Å². The normalized spacial score (nSPS) is 21.3. The maximum Gasteiger partial charge on any atom is 0.258 e. The van der Waals surface area contributed by atoms with Gasteiger partial charge in [-0.25, -0.2) is 14.4 Å². The molecule has 3 amide bonds. The van der Waals surface area contributed by atoms with Crippen molar-refractivity contribution in [3.05, 3.63) is 57.3 Å². The monoisotopic (exact) mass is 706 g/mol. The maximum absolute atomic E-state index is 15.2. The Balaban J connectivity index is 0.933. The number of piperidine rings is 2. The molecule has 0 spiro atoms. The molecule has 3 saturated heterocycles. The number of aromatic nitrogens is 2. The third-order valence-corrected chi connectivity index (χ3v) is 11.0. The molecular formula is C34H36ClFN8O4S. The van der Waals surface area contributed by atoms with Crippen LogP contribution in [0, 0.1) is 22.6 Å². The van der Waals surface area contributed by atoms with Crippen molar-refractivity contribution < 1.29 is 23.5 Å². The molecule has 6 heterocycles. The zero-order valence-electron chi connectivity index (χ0n) is 26.8. The minimum absolute atomic E-state index is 0.0127. The summed E-state index contributed by atoms with van der Waals surface area (Å²) < 4.78 is 20.7. The van der Waals surface area contributed by atoms with Gasteiger partial charge in [0.1, 0.15) is 17.7 Å². The molecule has 3 aromatic rings. The Hall–Kier alpha value is -4.16. The van der Waals surface area contributed by atoms with Gasteiger partial charge in [0.15, 0.2) is 5.13 Å². The Morgan fingerprint density at radius 3 is 2.71 bits per heavy atom. The fraction of sp³-hybridized carbons (Fsp3) is 0.471. The summed E-state index contributed by atoms with van der Waals surface area (Å²) >= 11 is 8.02. The van der Waals surface area contributed by atoms with Crippen LogP contribution in [0.25, 0.3) is 11.3 Å². The molecule has 4 aliphatic rings. The molecule has 2 aromatic heterocycles. The van der Waals surface area contributed by atoms with E-state index < -0.39 is 29.1 Å². The third-order valence-electron chi connectivity index (χ3n) is 9.88. The molecule has 7 rings (SSSR count). The Morgan fingerprint density at radius 1 is 1.16 bits per heavy atom. The van der Waals surface area contributed by atoms with E-state index in [1.807, 2.05) is 17.5 Å². The number of rotatable bonds is 9. The van der Waals surface area contributed by atoms with Crippen molar-refractivity contribution in [3.8, 4) is 17.3 Å². The van der Waals surface area contributed by atoms with E-state index in [2.05, 4.69) is 31.9 Å². The average molecular weight is 707 g/mol. The van der Waals surface area contributed by atoms with Gasteiger partial charge >= 0.3 is 0 Å². The van der Waals surface area contributed by atoms with Crippen molar-refractivity contribution in [3.63, 3.8) is 0 Å². The fourth-order valence-corrected chi connectivity index (χ4v) is 7.95. The van der Waals surface area contributed by atoms with Crippen LogP contribution in [-0.4, -0.2) is 82.4 Å². The largest absolute Gasteiger partial charge is 0.381 e. The van der Waals surface area contributed by atoms with Gasteiger partial charge in [0.2, 0.25) is 11.8 Å². The number of ether oxygens (including phenoxy) is 1. The topological polar surface area (TPSA) is 153 Å². The number of hydrogen-bond acceptors (Lipinski definition) is 11. The van der Waals surface area contributed by atoms with Crippen LogP contribution in [0.3, 0.4) is 0 Å². The molecule has 3 N–H and O–H groups in total. The number of nitrogens with zero attached hydrogens (tertiary/aromatic N) is 5. The lowest BCUT2D eigenvalue weighted by Crippen LogP contribution is -2.52. The first kappa shape index (κ1) is 33.3. The van der Waals surface area contributed by atoms with Crippen LogP contribution in [0.4, 0.5) is 15.3 Å². The Kier molecular flexibility index (Phi) is 9.52. The first-order chi connectivity index (χ1) is 23.7. The summed E-state index contributed by atoms with van der Waals surface area (Å²) in [6.45, 7) is 3.95.